The van der Waals surface area contributed by atoms with E-state index in [1.807, 2.05) is 0 Å². The Morgan fingerprint density at radius 3 is 2.21 bits per heavy atom. The van der Waals surface area contributed by atoms with Gasteiger partial charge in [-0.3, -0.25) is 9.69 Å². The molecule has 0 heterocycles. The zero-order valence-electron chi connectivity index (χ0n) is 7.39. The molecule has 5 nitrogen and oxygen atoms in total. The molecular formula is C6H10F3N3O2. The molecule has 0 aromatic heterocycles. The number of alkyl halides is 3. The van der Waals surface area contributed by atoms with Crippen LogP contribution in [0, 0.1) is 0 Å². The highest BCUT2D eigenvalue weighted by Crippen LogP contribution is 2.10. The summed E-state index contributed by atoms with van der Waals surface area (Å²) in [6.07, 6.45) is -4.85. The number of nitrogens with zero attached hydrogens (tertiary/aromatic N) is 1. The predicted molar refractivity (Wildman–Crippen MR) is 41.0 cm³/mol. The van der Waals surface area contributed by atoms with Crippen molar-refractivity contribution in [3.8, 4) is 0 Å². The van der Waals surface area contributed by atoms with Crippen molar-refractivity contribution in [2.75, 3.05) is 13.1 Å². The predicted octanol–water partition coefficient (Wildman–Crippen LogP) is 0.0230. The number of hydrogen-bond donors (Lipinski definition) is 2. The van der Waals surface area contributed by atoms with E-state index in [0.717, 1.165) is 6.92 Å². The zero-order valence-corrected chi connectivity index (χ0v) is 7.39. The standard InChI is InChI=1S/C6H10F3N3O2/c1-4(13)12(3-2-10)5(14)11-6(7,8)9/h2-3,10H2,1H3,(H,11,14). The lowest BCUT2D eigenvalue weighted by atomic mass is 10.5. The second kappa shape index (κ2) is 4.80. The van der Waals surface area contributed by atoms with Gasteiger partial charge in [0.2, 0.25) is 5.91 Å². The number of urea groups is 1. The van der Waals surface area contributed by atoms with Gasteiger partial charge >= 0.3 is 12.3 Å². The molecule has 0 aliphatic carbocycles. The average molecular weight is 213 g/mol. The van der Waals surface area contributed by atoms with Crippen molar-refractivity contribution in [1.82, 2.24) is 10.2 Å². The quantitative estimate of drug-likeness (QED) is 0.635. The average Bonchev–Trinajstić information content (AvgIpc) is 1.95. The third-order valence-corrected chi connectivity index (χ3v) is 1.23. The molecule has 0 unspecified atom stereocenters. The summed E-state index contributed by atoms with van der Waals surface area (Å²) in [4.78, 5) is 21.9. The number of amides is 3. The fourth-order valence-electron chi connectivity index (χ4n) is 0.720. The third-order valence-electron chi connectivity index (χ3n) is 1.23. The summed E-state index contributed by atoms with van der Waals surface area (Å²) in [5.74, 6) is -0.794. The topological polar surface area (TPSA) is 75.4 Å². The number of halogens is 3. The van der Waals surface area contributed by atoms with Crippen molar-refractivity contribution in [1.29, 1.82) is 0 Å². The van der Waals surface area contributed by atoms with Crippen molar-refractivity contribution in [3.63, 3.8) is 0 Å². The highest BCUT2D eigenvalue weighted by Gasteiger charge is 2.33. The molecule has 0 radical (unpaired) electrons. The van der Waals surface area contributed by atoms with Crippen LogP contribution in [0.15, 0.2) is 0 Å². The Morgan fingerprint density at radius 1 is 1.43 bits per heavy atom. The normalized spacial score (nSPS) is 10.9. The van der Waals surface area contributed by atoms with E-state index in [9.17, 15) is 22.8 Å². The van der Waals surface area contributed by atoms with E-state index in [1.165, 1.54) is 0 Å². The van der Waals surface area contributed by atoms with Crippen LogP contribution in [-0.4, -0.2) is 36.2 Å². The number of rotatable bonds is 2. The van der Waals surface area contributed by atoms with Crippen molar-refractivity contribution >= 4 is 11.9 Å². The van der Waals surface area contributed by atoms with E-state index in [0.29, 0.717) is 10.2 Å². The van der Waals surface area contributed by atoms with Crippen LogP contribution < -0.4 is 11.1 Å². The fraction of sp³-hybridized carbons (Fsp3) is 0.667. The molecule has 0 atom stereocenters. The van der Waals surface area contributed by atoms with Crippen molar-refractivity contribution in [2.45, 2.75) is 13.2 Å². The molecule has 82 valence electrons. The molecule has 3 N–H and O–H groups in total. The first-order valence-corrected chi connectivity index (χ1v) is 3.65. The number of imide groups is 1. The van der Waals surface area contributed by atoms with Crippen LogP contribution in [0.1, 0.15) is 6.92 Å². The van der Waals surface area contributed by atoms with Crippen LogP contribution >= 0.6 is 0 Å². The molecule has 3 amide bonds. The molecule has 0 aliphatic rings. The van der Waals surface area contributed by atoms with E-state index in [1.54, 1.807) is 0 Å². The Balaban J connectivity index is 4.38. The minimum atomic E-state index is -4.85. The van der Waals surface area contributed by atoms with Gasteiger partial charge in [-0.1, -0.05) is 0 Å². The fourth-order valence-corrected chi connectivity index (χ4v) is 0.720. The maximum Gasteiger partial charge on any atom is 0.485 e. The van der Waals surface area contributed by atoms with Gasteiger partial charge in [0.1, 0.15) is 0 Å². The molecule has 0 fully saturated rings. The maximum atomic E-state index is 11.7. The monoisotopic (exact) mass is 213 g/mol. The Hall–Kier alpha value is -1.31. The van der Waals surface area contributed by atoms with Crippen LogP contribution in [-0.2, 0) is 4.79 Å². The lowest BCUT2D eigenvalue weighted by molar-refractivity contribution is -0.148. The van der Waals surface area contributed by atoms with Crippen molar-refractivity contribution in [3.05, 3.63) is 0 Å². The lowest BCUT2D eigenvalue weighted by Gasteiger charge is -2.19. The van der Waals surface area contributed by atoms with Crippen LogP contribution in [0.3, 0.4) is 0 Å². The van der Waals surface area contributed by atoms with Crippen LogP contribution in [0.4, 0.5) is 18.0 Å². The van der Waals surface area contributed by atoms with Gasteiger partial charge < -0.3 is 5.73 Å². The molecule has 0 spiro atoms. The van der Waals surface area contributed by atoms with Crippen LogP contribution in [0.25, 0.3) is 0 Å². The van der Waals surface area contributed by atoms with E-state index in [4.69, 9.17) is 5.73 Å². The first kappa shape index (κ1) is 12.7. The Labute approximate surface area is 78.0 Å². The van der Waals surface area contributed by atoms with E-state index >= 15 is 0 Å². The van der Waals surface area contributed by atoms with Gasteiger partial charge in [-0.25, -0.2) is 10.1 Å². The first-order valence-electron chi connectivity index (χ1n) is 3.65. The van der Waals surface area contributed by atoms with E-state index in [-0.39, 0.29) is 13.1 Å². The molecule has 0 aromatic rings. The summed E-state index contributed by atoms with van der Waals surface area (Å²) >= 11 is 0. The Bertz CT molecular complexity index is 229. The number of nitrogens with one attached hydrogen (secondary N) is 1. The minimum absolute atomic E-state index is 0.0924. The van der Waals surface area contributed by atoms with Crippen LogP contribution in [0.5, 0.6) is 0 Å². The summed E-state index contributed by atoms with van der Waals surface area (Å²) in [7, 11) is 0. The second-order valence-corrected chi connectivity index (χ2v) is 2.39. The first-order chi connectivity index (χ1) is 6.28. The van der Waals surface area contributed by atoms with Gasteiger partial charge in [0.25, 0.3) is 0 Å². The second-order valence-electron chi connectivity index (χ2n) is 2.39. The SMILES string of the molecule is CC(=O)N(CCN)C(=O)NC(F)(F)F. The van der Waals surface area contributed by atoms with Crippen LogP contribution in [0.2, 0.25) is 0 Å². The summed E-state index contributed by atoms with van der Waals surface area (Å²) in [5, 5.41) is 0.696. The van der Waals surface area contributed by atoms with Crippen molar-refractivity contribution in [2.24, 2.45) is 5.73 Å². The Morgan fingerprint density at radius 2 is 1.93 bits per heavy atom. The summed E-state index contributed by atoms with van der Waals surface area (Å²) < 4.78 is 35.0. The van der Waals surface area contributed by atoms with Gasteiger partial charge in [-0.2, -0.15) is 13.2 Å². The van der Waals surface area contributed by atoms with Gasteiger partial charge in [-0.15, -0.1) is 0 Å². The van der Waals surface area contributed by atoms with E-state index < -0.39 is 18.2 Å². The highest BCUT2D eigenvalue weighted by atomic mass is 19.4. The summed E-state index contributed by atoms with van der Waals surface area (Å²) in [6.45, 7) is 0.633. The highest BCUT2D eigenvalue weighted by molar-refractivity contribution is 5.93. The zero-order chi connectivity index (χ0) is 11.4. The van der Waals surface area contributed by atoms with Gasteiger partial charge in [0.15, 0.2) is 0 Å². The molecule has 0 bridgehead atoms. The molecule has 0 saturated heterocycles. The van der Waals surface area contributed by atoms with Gasteiger partial charge in [-0.05, 0) is 0 Å². The number of carbonyl (C=O) groups is 2. The molecule has 14 heavy (non-hydrogen) atoms. The summed E-state index contributed by atoms with van der Waals surface area (Å²) in [6, 6.07) is -1.52. The van der Waals surface area contributed by atoms with E-state index in [2.05, 4.69) is 0 Å². The molecule has 0 aliphatic heterocycles. The largest absolute Gasteiger partial charge is 0.485 e. The minimum Gasteiger partial charge on any atom is -0.329 e. The summed E-state index contributed by atoms with van der Waals surface area (Å²) in [5.41, 5.74) is 5.01. The number of hydrogen-bond acceptors (Lipinski definition) is 3. The van der Waals surface area contributed by atoms with Gasteiger partial charge in [0.05, 0.1) is 0 Å². The number of carbonyl (C=O) groups excluding carboxylic acids is 2. The van der Waals surface area contributed by atoms with Gasteiger partial charge in [0, 0.05) is 20.0 Å². The maximum absolute atomic E-state index is 11.7. The smallest absolute Gasteiger partial charge is 0.329 e. The molecule has 8 heteroatoms. The third kappa shape index (κ3) is 4.65. The molecule has 0 rings (SSSR count). The lowest BCUT2D eigenvalue weighted by Crippen LogP contribution is -2.49. The van der Waals surface area contributed by atoms with Crippen molar-refractivity contribution < 1.29 is 22.8 Å². The molecular weight excluding hydrogens is 203 g/mol. The molecule has 0 aromatic carbocycles. The molecule has 0 saturated carbocycles. The Kier molecular flexibility index (Phi) is 4.35. The number of nitrogens with two attached hydrogens (primary N) is 1.